The molecule has 1 aromatic heterocycles. The van der Waals surface area contributed by atoms with Crippen molar-refractivity contribution in [3.63, 3.8) is 0 Å². The van der Waals surface area contributed by atoms with Gasteiger partial charge in [0, 0.05) is 25.3 Å². The number of nitrogens with zero attached hydrogens (tertiary/aromatic N) is 2. The first-order valence-electron chi connectivity index (χ1n) is 6.92. The van der Waals surface area contributed by atoms with Crippen molar-refractivity contribution in [1.29, 1.82) is 0 Å². The SMILES string of the molecule is CCCc1nc(-c2ccc(N(C)C)cc2)oc1C(=O)OC. The highest BCUT2D eigenvalue weighted by molar-refractivity contribution is 5.88. The van der Waals surface area contributed by atoms with E-state index < -0.39 is 5.97 Å². The lowest BCUT2D eigenvalue weighted by atomic mass is 10.2. The van der Waals surface area contributed by atoms with Crippen LogP contribution in [0.3, 0.4) is 0 Å². The van der Waals surface area contributed by atoms with E-state index in [0.29, 0.717) is 18.0 Å². The van der Waals surface area contributed by atoms with Crippen LogP contribution < -0.4 is 4.90 Å². The average molecular weight is 288 g/mol. The molecule has 0 aliphatic rings. The molecule has 1 heterocycles. The first kappa shape index (κ1) is 15.1. The van der Waals surface area contributed by atoms with Crippen LogP contribution >= 0.6 is 0 Å². The smallest absolute Gasteiger partial charge is 0.376 e. The van der Waals surface area contributed by atoms with Gasteiger partial charge in [0.1, 0.15) is 0 Å². The maximum absolute atomic E-state index is 11.7. The predicted molar refractivity (Wildman–Crippen MR) is 81.6 cm³/mol. The molecule has 0 saturated carbocycles. The van der Waals surface area contributed by atoms with E-state index >= 15 is 0 Å². The van der Waals surface area contributed by atoms with Crippen LogP contribution in [0.2, 0.25) is 0 Å². The van der Waals surface area contributed by atoms with Crippen molar-refractivity contribution in [2.24, 2.45) is 0 Å². The minimum atomic E-state index is -0.484. The van der Waals surface area contributed by atoms with Crippen LogP contribution in [0.1, 0.15) is 29.6 Å². The number of hydrogen-bond donors (Lipinski definition) is 0. The summed E-state index contributed by atoms with van der Waals surface area (Å²) in [5.41, 5.74) is 2.58. The van der Waals surface area contributed by atoms with Crippen molar-refractivity contribution in [2.75, 3.05) is 26.1 Å². The van der Waals surface area contributed by atoms with E-state index in [1.165, 1.54) is 7.11 Å². The number of aryl methyl sites for hydroxylation is 1. The average Bonchev–Trinajstić information content (AvgIpc) is 2.91. The van der Waals surface area contributed by atoms with Gasteiger partial charge in [-0.2, -0.15) is 0 Å². The maximum atomic E-state index is 11.7. The topological polar surface area (TPSA) is 55.6 Å². The summed E-state index contributed by atoms with van der Waals surface area (Å²) in [6.07, 6.45) is 1.57. The summed E-state index contributed by atoms with van der Waals surface area (Å²) >= 11 is 0. The monoisotopic (exact) mass is 288 g/mol. The van der Waals surface area contributed by atoms with Crippen molar-refractivity contribution in [3.8, 4) is 11.5 Å². The first-order valence-corrected chi connectivity index (χ1v) is 6.92. The summed E-state index contributed by atoms with van der Waals surface area (Å²) < 4.78 is 10.4. The molecule has 0 saturated heterocycles. The van der Waals surface area contributed by atoms with E-state index in [0.717, 1.165) is 17.7 Å². The molecule has 0 N–H and O–H groups in total. The Balaban J connectivity index is 2.37. The lowest BCUT2D eigenvalue weighted by molar-refractivity contribution is 0.0564. The third-order valence-corrected chi connectivity index (χ3v) is 3.19. The van der Waals surface area contributed by atoms with Gasteiger partial charge in [-0.3, -0.25) is 0 Å². The van der Waals surface area contributed by atoms with E-state index in [1.807, 2.05) is 50.2 Å². The number of methoxy groups -OCH3 is 1. The van der Waals surface area contributed by atoms with Crippen LogP contribution in [-0.4, -0.2) is 32.2 Å². The Kier molecular flexibility index (Phi) is 4.62. The zero-order chi connectivity index (χ0) is 15.4. The third kappa shape index (κ3) is 3.24. The minimum Gasteiger partial charge on any atom is -0.463 e. The third-order valence-electron chi connectivity index (χ3n) is 3.19. The van der Waals surface area contributed by atoms with Crippen molar-refractivity contribution in [1.82, 2.24) is 4.98 Å². The van der Waals surface area contributed by atoms with Crippen molar-refractivity contribution < 1.29 is 13.9 Å². The highest BCUT2D eigenvalue weighted by Crippen LogP contribution is 2.25. The van der Waals surface area contributed by atoms with Gasteiger partial charge in [0.15, 0.2) is 0 Å². The molecule has 0 radical (unpaired) electrons. The highest BCUT2D eigenvalue weighted by Gasteiger charge is 2.21. The van der Waals surface area contributed by atoms with E-state index in [9.17, 15) is 4.79 Å². The van der Waals surface area contributed by atoms with Crippen LogP contribution in [0.15, 0.2) is 28.7 Å². The van der Waals surface area contributed by atoms with Gasteiger partial charge >= 0.3 is 5.97 Å². The molecule has 0 spiro atoms. The Morgan fingerprint density at radius 2 is 1.95 bits per heavy atom. The fourth-order valence-electron chi connectivity index (χ4n) is 2.04. The standard InChI is InChI=1S/C16H20N2O3/c1-5-6-13-14(16(19)20-4)21-15(17-13)11-7-9-12(10-8-11)18(2)3/h7-10H,5-6H2,1-4H3. The van der Waals surface area contributed by atoms with E-state index in [1.54, 1.807) is 0 Å². The van der Waals surface area contributed by atoms with Gasteiger partial charge in [0.05, 0.1) is 12.8 Å². The number of oxazole rings is 1. The predicted octanol–water partition coefficient (Wildman–Crippen LogP) is 3.15. The molecule has 0 atom stereocenters. The van der Waals surface area contributed by atoms with Gasteiger partial charge in [-0.25, -0.2) is 9.78 Å². The zero-order valence-corrected chi connectivity index (χ0v) is 12.8. The van der Waals surface area contributed by atoms with E-state index in [-0.39, 0.29) is 5.76 Å². The highest BCUT2D eigenvalue weighted by atomic mass is 16.5. The van der Waals surface area contributed by atoms with Crippen LogP contribution in [-0.2, 0) is 11.2 Å². The molecular weight excluding hydrogens is 268 g/mol. The summed E-state index contributed by atoms with van der Waals surface area (Å²) in [7, 11) is 5.30. The number of benzene rings is 1. The number of ether oxygens (including phenoxy) is 1. The number of hydrogen-bond acceptors (Lipinski definition) is 5. The Bertz CT molecular complexity index is 615. The van der Waals surface area contributed by atoms with E-state index in [4.69, 9.17) is 9.15 Å². The number of rotatable bonds is 5. The Labute approximate surface area is 124 Å². The molecule has 2 rings (SSSR count). The first-order chi connectivity index (χ1) is 10.1. The molecule has 5 nitrogen and oxygen atoms in total. The molecular formula is C16H20N2O3. The maximum Gasteiger partial charge on any atom is 0.376 e. The number of anilines is 1. The molecule has 0 unspecified atom stereocenters. The molecule has 0 aliphatic heterocycles. The fraction of sp³-hybridized carbons (Fsp3) is 0.375. The van der Waals surface area contributed by atoms with Crippen LogP contribution in [0.5, 0.6) is 0 Å². The minimum absolute atomic E-state index is 0.200. The largest absolute Gasteiger partial charge is 0.463 e. The van der Waals surface area contributed by atoms with Gasteiger partial charge < -0.3 is 14.1 Å². The van der Waals surface area contributed by atoms with Crippen LogP contribution in [0.4, 0.5) is 5.69 Å². The van der Waals surface area contributed by atoms with Crippen molar-refractivity contribution in [2.45, 2.75) is 19.8 Å². The molecule has 1 aromatic carbocycles. The second-order valence-corrected chi connectivity index (χ2v) is 4.98. The molecule has 2 aromatic rings. The van der Waals surface area contributed by atoms with Crippen LogP contribution in [0, 0.1) is 0 Å². The second kappa shape index (κ2) is 6.43. The summed E-state index contributed by atoms with van der Waals surface area (Å²) in [6, 6.07) is 7.82. The summed E-state index contributed by atoms with van der Waals surface area (Å²) in [6.45, 7) is 2.03. The molecule has 21 heavy (non-hydrogen) atoms. The molecule has 112 valence electrons. The Hall–Kier alpha value is -2.30. The normalized spacial score (nSPS) is 10.5. The Morgan fingerprint density at radius 3 is 2.48 bits per heavy atom. The summed E-state index contributed by atoms with van der Waals surface area (Å²) in [5, 5.41) is 0. The van der Waals surface area contributed by atoms with Crippen molar-refractivity contribution in [3.05, 3.63) is 35.7 Å². The number of aromatic nitrogens is 1. The molecule has 5 heteroatoms. The van der Waals surface area contributed by atoms with E-state index in [2.05, 4.69) is 4.98 Å². The molecule has 0 aliphatic carbocycles. The zero-order valence-electron chi connectivity index (χ0n) is 12.8. The fourth-order valence-corrected chi connectivity index (χ4v) is 2.04. The number of carbonyl (C=O) groups is 1. The van der Waals surface area contributed by atoms with Gasteiger partial charge in [0.2, 0.25) is 11.7 Å². The number of esters is 1. The second-order valence-electron chi connectivity index (χ2n) is 4.98. The van der Waals surface area contributed by atoms with Crippen molar-refractivity contribution >= 4 is 11.7 Å². The molecule has 0 amide bonds. The Morgan fingerprint density at radius 1 is 1.29 bits per heavy atom. The molecule has 0 fully saturated rings. The lowest BCUT2D eigenvalue weighted by Crippen LogP contribution is -2.07. The van der Waals surface area contributed by atoms with Gasteiger partial charge in [-0.1, -0.05) is 13.3 Å². The summed E-state index contributed by atoms with van der Waals surface area (Å²) in [5.74, 6) is 0.164. The van der Waals surface area contributed by atoms with Gasteiger partial charge in [0.25, 0.3) is 0 Å². The quantitative estimate of drug-likeness (QED) is 0.791. The lowest BCUT2D eigenvalue weighted by Gasteiger charge is -2.11. The van der Waals surface area contributed by atoms with Crippen LogP contribution in [0.25, 0.3) is 11.5 Å². The van der Waals surface area contributed by atoms with Gasteiger partial charge in [-0.05, 0) is 30.7 Å². The summed E-state index contributed by atoms with van der Waals surface area (Å²) in [4.78, 5) is 18.2. The van der Waals surface area contributed by atoms with Gasteiger partial charge in [-0.15, -0.1) is 0 Å². The molecule has 0 bridgehead atoms. The number of carbonyl (C=O) groups excluding carboxylic acids is 1.